The molecule has 0 atom stereocenters. The Labute approximate surface area is 79.3 Å². The molecule has 0 heterocycles. The number of phenols is 4. The van der Waals surface area contributed by atoms with E-state index in [2.05, 4.69) is 0 Å². The zero-order chi connectivity index (χ0) is 10.3. The molecule has 0 aliphatic rings. The van der Waals surface area contributed by atoms with Crippen molar-refractivity contribution < 1.29 is 20.4 Å². The van der Waals surface area contributed by atoms with Gasteiger partial charge in [0.15, 0.2) is 11.5 Å². The van der Waals surface area contributed by atoms with Crippen LogP contribution in [0.4, 0.5) is 0 Å². The molecule has 0 spiro atoms. The van der Waals surface area contributed by atoms with Gasteiger partial charge >= 0.3 is 0 Å². The van der Waals surface area contributed by atoms with Crippen molar-refractivity contribution in [2.45, 2.75) is 0 Å². The van der Waals surface area contributed by atoms with Crippen LogP contribution in [0.3, 0.4) is 0 Å². The second kappa shape index (κ2) is 2.70. The van der Waals surface area contributed by atoms with Gasteiger partial charge in [-0.25, -0.2) is 0 Å². The Morgan fingerprint density at radius 3 is 2.14 bits per heavy atom. The molecular weight excluding hydrogens is 184 g/mol. The molecule has 0 amide bonds. The second-order valence-corrected chi connectivity index (χ2v) is 2.97. The minimum atomic E-state index is -0.580. The van der Waals surface area contributed by atoms with Gasteiger partial charge in [-0.1, -0.05) is 12.1 Å². The van der Waals surface area contributed by atoms with Crippen LogP contribution >= 0.6 is 0 Å². The molecular formula is C10H8O4. The molecule has 0 aromatic heterocycles. The van der Waals surface area contributed by atoms with Crippen LogP contribution in [0.25, 0.3) is 10.8 Å². The first-order valence-corrected chi connectivity index (χ1v) is 3.97. The molecule has 72 valence electrons. The highest BCUT2D eigenvalue weighted by Crippen LogP contribution is 2.43. The number of fused-ring (bicyclic) bond motifs is 1. The van der Waals surface area contributed by atoms with E-state index in [1.54, 1.807) is 0 Å². The SMILES string of the molecule is Oc1cc2c(O)cccc2c(O)c1O. The lowest BCUT2D eigenvalue weighted by Gasteiger charge is -2.06. The summed E-state index contributed by atoms with van der Waals surface area (Å²) >= 11 is 0. The van der Waals surface area contributed by atoms with Crippen molar-refractivity contribution in [1.82, 2.24) is 0 Å². The maximum atomic E-state index is 9.44. The van der Waals surface area contributed by atoms with Crippen molar-refractivity contribution in [3.05, 3.63) is 24.3 Å². The normalized spacial score (nSPS) is 10.6. The summed E-state index contributed by atoms with van der Waals surface area (Å²) in [6.45, 7) is 0. The second-order valence-electron chi connectivity index (χ2n) is 2.97. The molecule has 0 aliphatic carbocycles. The van der Waals surface area contributed by atoms with Crippen molar-refractivity contribution in [2.24, 2.45) is 0 Å². The van der Waals surface area contributed by atoms with Crippen LogP contribution in [0.15, 0.2) is 24.3 Å². The van der Waals surface area contributed by atoms with Gasteiger partial charge in [0.05, 0.1) is 0 Å². The first kappa shape index (κ1) is 8.50. The molecule has 0 unspecified atom stereocenters. The average Bonchev–Trinajstić information content (AvgIpc) is 2.17. The Morgan fingerprint density at radius 2 is 1.43 bits per heavy atom. The standard InChI is InChI=1S/C10H8O4/c11-7-3-1-2-5-6(7)4-8(12)10(14)9(5)13/h1-4,11-14H. The molecule has 4 nitrogen and oxygen atoms in total. The summed E-state index contributed by atoms with van der Waals surface area (Å²) in [7, 11) is 0. The van der Waals surface area contributed by atoms with Gasteiger partial charge in [0.2, 0.25) is 5.75 Å². The summed E-state index contributed by atoms with van der Waals surface area (Å²) in [6, 6.07) is 5.69. The molecule has 0 radical (unpaired) electrons. The van der Waals surface area contributed by atoms with Gasteiger partial charge in [0.25, 0.3) is 0 Å². The summed E-state index contributed by atoms with van der Waals surface area (Å²) < 4.78 is 0. The predicted molar refractivity (Wildman–Crippen MR) is 50.6 cm³/mol. The molecule has 4 N–H and O–H groups in total. The van der Waals surface area contributed by atoms with Gasteiger partial charge < -0.3 is 20.4 Å². The number of hydrogen-bond donors (Lipinski definition) is 4. The molecule has 2 aromatic rings. The van der Waals surface area contributed by atoms with E-state index in [1.165, 1.54) is 24.3 Å². The van der Waals surface area contributed by atoms with Crippen LogP contribution in [-0.2, 0) is 0 Å². The summed E-state index contributed by atoms with van der Waals surface area (Å²) in [5.41, 5.74) is 0. The van der Waals surface area contributed by atoms with Gasteiger partial charge in [-0.2, -0.15) is 0 Å². The van der Waals surface area contributed by atoms with E-state index in [0.29, 0.717) is 10.8 Å². The minimum absolute atomic E-state index is 0.0619. The molecule has 0 aliphatic heterocycles. The minimum Gasteiger partial charge on any atom is -0.507 e. The smallest absolute Gasteiger partial charge is 0.200 e. The molecule has 2 aromatic carbocycles. The van der Waals surface area contributed by atoms with Crippen LogP contribution in [0.5, 0.6) is 23.0 Å². The molecule has 4 heteroatoms. The van der Waals surface area contributed by atoms with Gasteiger partial charge in [-0.3, -0.25) is 0 Å². The molecule has 2 rings (SSSR count). The summed E-state index contributed by atoms with van der Waals surface area (Å²) in [6.07, 6.45) is 0. The van der Waals surface area contributed by atoms with E-state index in [1.807, 2.05) is 0 Å². The van der Waals surface area contributed by atoms with Gasteiger partial charge in [-0.15, -0.1) is 0 Å². The van der Waals surface area contributed by atoms with Crippen molar-refractivity contribution in [1.29, 1.82) is 0 Å². The summed E-state index contributed by atoms with van der Waals surface area (Å²) in [5.74, 6) is -1.54. The molecule has 0 bridgehead atoms. The zero-order valence-electron chi connectivity index (χ0n) is 7.10. The third-order valence-corrected chi connectivity index (χ3v) is 2.09. The quantitative estimate of drug-likeness (QED) is 0.478. The molecule has 0 fully saturated rings. The fourth-order valence-electron chi connectivity index (χ4n) is 1.37. The van der Waals surface area contributed by atoms with Crippen LogP contribution in [0.1, 0.15) is 0 Å². The predicted octanol–water partition coefficient (Wildman–Crippen LogP) is 1.66. The highest BCUT2D eigenvalue weighted by atomic mass is 16.3. The number of phenolic OH excluding ortho intramolecular Hbond substituents is 4. The van der Waals surface area contributed by atoms with Crippen LogP contribution in [0.2, 0.25) is 0 Å². The van der Waals surface area contributed by atoms with Crippen molar-refractivity contribution in [3.63, 3.8) is 0 Å². The highest BCUT2D eigenvalue weighted by Gasteiger charge is 2.12. The van der Waals surface area contributed by atoms with Crippen LogP contribution < -0.4 is 0 Å². The first-order valence-electron chi connectivity index (χ1n) is 3.97. The number of benzene rings is 2. The van der Waals surface area contributed by atoms with Gasteiger partial charge in [0.1, 0.15) is 5.75 Å². The largest absolute Gasteiger partial charge is 0.507 e. The lowest BCUT2D eigenvalue weighted by atomic mass is 10.1. The third-order valence-electron chi connectivity index (χ3n) is 2.09. The lowest BCUT2D eigenvalue weighted by molar-refractivity contribution is 0.371. The zero-order valence-corrected chi connectivity index (χ0v) is 7.10. The van der Waals surface area contributed by atoms with Crippen LogP contribution in [-0.4, -0.2) is 20.4 Å². The number of hydrogen-bond acceptors (Lipinski definition) is 4. The van der Waals surface area contributed by atoms with Crippen molar-refractivity contribution >= 4 is 10.8 Å². The van der Waals surface area contributed by atoms with E-state index < -0.39 is 17.2 Å². The number of aromatic hydroxyl groups is 4. The first-order chi connectivity index (χ1) is 6.61. The molecule has 0 saturated heterocycles. The Morgan fingerprint density at radius 1 is 0.714 bits per heavy atom. The Hall–Kier alpha value is -2.10. The van der Waals surface area contributed by atoms with Crippen molar-refractivity contribution in [2.75, 3.05) is 0 Å². The van der Waals surface area contributed by atoms with E-state index in [4.69, 9.17) is 0 Å². The maximum absolute atomic E-state index is 9.44. The van der Waals surface area contributed by atoms with Gasteiger partial charge in [0, 0.05) is 10.8 Å². The topological polar surface area (TPSA) is 80.9 Å². The monoisotopic (exact) mass is 192 g/mol. The van der Waals surface area contributed by atoms with Gasteiger partial charge in [-0.05, 0) is 12.1 Å². The van der Waals surface area contributed by atoms with E-state index >= 15 is 0 Å². The maximum Gasteiger partial charge on any atom is 0.200 e. The van der Waals surface area contributed by atoms with Crippen molar-refractivity contribution in [3.8, 4) is 23.0 Å². The number of rotatable bonds is 0. The summed E-state index contributed by atoms with van der Waals surface area (Å²) in [5, 5.41) is 37.8. The fraction of sp³-hybridized carbons (Fsp3) is 0. The van der Waals surface area contributed by atoms with Crippen LogP contribution in [0, 0.1) is 0 Å². The summed E-state index contributed by atoms with van der Waals surface area (Å²) in [4.78, 5) is 0. The van der Waals surface area contributed by atoms with E-state index in [9.17, 15) is 20.4 Å². The lowest BCUT2D eigenvalue weighted by Crippen LogP contribution is -1.77. The highest BCUT2D eigenvalue weighted by molar-refractivity contribution is 5.96. The Balaban J connectivity index is 2.98. The van der Waals surface area contributed by atoms with E-state index in [0.717, 1.165) is 0 Å². The molecule has 0 saturated carbocycles. The average molecular weight is 192 g/mol. The Kier molecular flexibility index (Phi) is 1.64. The fourth-order valence-corrected chi connectivity index (χ4v) is 1.37. The van der Waals surface area contributed by atoms with E-state index in [-0.39, 0.29) is 5.75 Å². The Bertz CT molecular complexity index is 505. The molecule has 14 heavy (non-hydrogen) atoms. The third kappa shape index (κ3) is 1.01.